The minimum atomic E-state index is 0.502. The molecule has 66 valence electrons. The predicted octanol–water partition coefficient (Wildman–Crippen LogP) is 1.39. The highest BCUT2D eigenvalue weighted by molar-refractivity contribution is 7.80. The summed E-state index contributed by atoms with van der Waals surface area (Å²) in [7, 11) is 0. The predicted molar refractivity (Wildman–Crippen MR) is 56.6 cm³/mol. The molecular formula is C9H9N3S. The number of thiocarbonyl (C=S) groups is 1. The zero-order valence-corrected chi connectivity index (χ0v) is 7.77. The average molecular weight is 191 g/mol. The van der Waals surface area contributed by atoms with Gasteiger partial charge in [0.2, 0.25) is 0 Å². The summed E-state index contributed by atoms with van der Waals surface area (Å²) in [5.41, 5.74) is 7.60. The number of benzene rings is 1. The zero-order valence-electron chi connectivity index (χ0n) is 6.95. The Balaban J connectivity index is 2.54. The molecule has 0 unspecified atom stereocenters. The lowest BCUT2D eigenvalue weighted by Gasteiger charge is -1.99. The molecule has 1 aromatic carbocycles. The Morgan fingerprint density at radius 3 is 3.15 bits per heavy atom. The minimum absolute atomic E-state index is 0.502. The number of aromatic nitrogens is 2. The van der Waals surface area contributed by atoms with Gasteiger partial charge >= 0.3 is 0 Å². The summed E-state index contributed by atoms with van der Waals surface area (Å²) in [6.07, 6.45) is 2.41. The Hall–Kier alpha value is -1.42. The van der Waals surface area contributed by atoms with Crippen molar-refractivity contribution in [1.82, 2.24) is 10.2 Å². The molecule has 0 saturated heterocycles. The number of nitrogens with one attached hydrogen (secondary N) is 1. The normalized spacial score (nSPS) is 10.5. The van der Waals surface area contributed by atoms with E-state index >= 15 is 0 Å². The molecule has 0 radical (unpaired) electrons. The van der Waals surface area contributed by atoms with Gasteiger partial charge in [0.15, 0.2) is 0 Å². The van der Waals surface area contributed by atoms with Gasteiger partial charge in [0, 0.05) is 11.8 Å². The molecule has 1 aromatic heterocycles. The van der Waals surface area contributed by atoms with Crippen molar-refractivity contribution in [3.63, 3.8) is 0 Å². The summed E-state index contributed by atoms with van der Waals surface area (Å²) in [5.74, 6) is 0. The van der Waals surface area contributed by atoms with Gasteiger partial charge in [-0.2, -0.15) is 5.10 Å². The number of hydrogen-bond acceptors (Lipinski definition) is 2. The maximum Gasteiger partial charge on any atom is 0.0772 e. The second kappa shape index (κ2) is 3.14. The number of H-pyrrole nitrogens is 1. The van der Waals surface area contributed by atoms with E-state index in [0.29, 0.717) is 11.4 Å². The van der Waals surface area contributed by atoms with Crippen LogP contribution in [0, 0.1) is 0 Å². The molecule has 4 heteroatoms. The van der Waals surface area contributed by atoms with Crippen molar-refractivity contribution < 1.29 is 0 Å². The van der Waals surface area contributed by atoms with E-state index < -0.39 is 0 Å². The van der Waals surface area contributed by atoms with E-state index in [1.807, 2.05) is 18.2 Å². The van der Waals surface area contributed by atoms with Crippen LogP contribution < -0.4 is 5.73 Å². The molecule has 0 spiro atoms. The van der Waals surface area contributed by atoms with Crippen LogP contribution in [0.15, 0.2) is 24.4 Å². The first kappa shape index (κ1) is 8.19. The zero-order chi connectivity index (χ0) is 9.26. The van der Waals surface area contributed by atoms with Crippen molar-refractivity contribution in [2.45, 2.75) is 6.42 Å². The van der Waals surface area contributed by atoms with Crippen LogP contribution in [0.3, 0.4) is 0 Å². The Kier molecular flexibility index (Phi) is 1.98. The number of nitrogens with two attached hydrogens (primary N) is 1. The van der Waals surface area contributed by atoms with Crippen LogP contribution >= 0.6 is 12.2 Å². The molecule has 3 N–H and O–H groups in total. The molecule has 2 aromatic rings. The maximum absolute atomic E-state index is 5.48. The molecule has 2 rings (SSSR count). The van der Waals surface area contributed by atoms with E-state index in [4.69, 9.17) is 18.0 Å². The first-order valence-corrected chi connectivity index (χ1v) is 4.37. The monoisotopic (exact) mass is 191 g/mol. The molecule has 3 nitrogen and oxygen atoms in total. The van der Waals surface area contributed by atoms with Crippen LogP contribution in [0.4, 0.5) is 0 Å². The fraction of sp³-hybridized carbons (Fsp3) is 0.111. The van der Waals surface area contributed by atoms with Gasteiger partial charge in [-0.25, -0.2) is 0 Å². The van der Waals surface area contributed by atoms with E-state index in [1.54, 1.807) is 6.20 Å². The first-order valence-electron chi connectivity index (χ1n) is 3.96. The third kappa shape index (κ3) is 1.53. The molecule has 0 aliphatic rings. The molecule has 0 atom stereocenters. The van der Waals surface area contributed by atoms with Crippen molar-refractivity contribution in [3.05, 3.63) is 30.0 Å². The fourth-order valence-corrected chi connectivity index (χ4v) is 1.52. The quantitative estimate of drug-likeness (QED) is 0.705. The Labute approximate surface area is 80.9 Å². The minimum Gasteiger partial charge on any atom is -0.393 e. The largest absolute Gasteiger partial charge is 0.393 e. The van der Waals surface area contributed by atoms with Crippen molar-refractivity contribution >= 4 is 28.1 Å². The summed E-state index contributed by atoms with van der Waals surface area (Å²) in [6, 6.07) is 5.98. The van der Waals surface area contributed by atoms with Crippen molar-refractivity contribution in [2.24, 2.45) is 5.73 Å². The number of para-hydroxylation sites is 1. The Bertz CT molecular complexity index is 447. The van der Waals surface area contributed by atoms with Gasteiger partial charge in [-0.05, 0) is 5.56 Å². The third-order valence-corrected chi connectivity index (χ3v) is 2.07. The molecule has 0 fully saturated rings. The van der Waals surface area contributed by atoms with Gasteiger partial charge in [0.1, 0.15) is 0 Å². The lowest BCUT2D eigenvalue weighted by molar-refractivity contribution is 1.11. The van der Waals surface area contributed by atoms with Crippen LogP contribution in [-0.4, -0.2) is 15.2 Å². The van der Waals surface area contributed by atoms with E-state index in [-0.39, 0.29) is 0 Å². The first-order chi connectivity index (χ1) is 6.27. The van der Waals surface area contributed by atoms with E-state index in [0.717, 1.165) is 16.5 Å². The van der Waals surface area contributed by atoms with Crippen LogP contribution in [0.1, 0.15) is 5.56 Å². The van der Waals surface area contributed by atoms with Gasteiger partial charge < -0.3 is 5.73 Å². The maximum atomic E-state index is 5.48. The standard InChI is InChI=1S/C9H9N3S/c10-8(13)4-6-2-1-3-7-5-11-12-9(6)7/h1-3,5H,4H2,(H2,10,13)(H,11,12). The lowest BCUT2D eigenvalue weighted by atomic mass is 10.1. The van der Waals surface area contributed by atoms with Gasteiger partial charge in [-0.15, -0.1) is 0 Å². The van der Waals surface area contributed by atoms with Gasteiger partial charge in [0.05, 0.1) is 16.7 Å². The van der Waals surface area contributed by atoms with Crippen LogP contribution in [0.2, 0.25) is 0 Å². The molecule has 0 amide bonds. The van der Waals surface area contributed by atoms with Crippen molar-refractivity contribution in [3.8, 4) is 0 Å². The number of fused-ring (bicyclic) bond motifs is 1. The fourth-order valence-electron chi connectivity index (χ4n) is 1.37. The van der Waals surface area contributed by atoms with Crippen LogP contribution in [0.5, 0.6) is 0 Å². The Morgan fingerprint density at radius 2 is 2.38 bits per heavy atom. The number of rotatable bonds is 2. The summed E-state index contributed by atoms with van der Waals surface area (Å²) in [5, 5.41) is 7.98. The van der Waals surface area contributed by atoms with Crippen molar-refractivity contribution in [2.75, 3.05) is 0 Å². The highest BCUT2D eigenvalue weighted by Crippen LogP contribution is 2.15. The summed E-state index contributed by atoms with van der Waals surface area (Å²) < 4.78 is 0. The van der Waals surface area contributed by atoms with Gasteiger partial charge in [0.25, 0.3) is 0 Å². The van der Waals surface area contributed by atoms with Gasteiger partial charge in [-0.3, -0.25) is 5.10 Å². The molecule has 0 aliphatic carbocycles. The van der Waals surface area contributed by atoms with E-state index in [2.05, 4.69) is 10.2 Å². The van der Waals surface area contributed by atoms with E-state index in [1.165, 1.54) is 0 Å². The van der Waals surface area contributed by atoms with Crippen LogP contribution in [0.25, 0.3) is 10.9 Å². The number of hydrogen-bond donors (Lipinski definition) is 2. The summed E-state index contributed by atoms with van der Waals surface area (Å²) in [6.45, 7) is 0. The summed E-state index contributed by atoms with van der Waals surface area (Å²) >= 11 is 4.86. The van der Waals surface area contributed by atoms with Crippen LogP contribution in [-0.2, 0) is 6.42 Å². The molecule has 0 aliphatic heterocycles. The molecule has 0 bridgehead atoms. The third-order valence-electron chi connectivity index (χ3n) is 1.93. The van der Waals surface area contributed by atoms with Crippen molar-refractivity contribution in [1.29, 1.82) is 0 Å². The molecule has 1 heterocycles. The highest BCUT2D eigenvalue weighted by atomic mass is 32.1. The SMILES string of the molecule is NC(=S)Cc1cccc2cn[nH]c12. The smallest absolute Gasteiger partial charge is 0.0772 e. The molecular weight excluding hydrogens is 182 g/mol. The topological polar surface area (TPSA) is 54.7 Å². The number of nitrogens with zero attached hydrogens (tertiary/aromatic N) is 1. The summed E-state index contributed by atoms with van der Waals surface area (Å²) in [4.78, 5) is 0.502. The number of aromatic amines is 1. The lowest BCUT2D eigenvalue weighted by Crippen LogP contribution is -2.11. The van der Waals surface area contributed by atoms with Gasteiger partial charge in [-0.1, -0.05) is 30.4 Å². The highest BCUT2D eigenvalue weighted by Gasteiger charge is 2.02. The molecule has 0 saturated carbocycles. The second-order valence-corrected chi connectivity index (χ2v) is 3.42. The molecule has 13 heavy (non-hydrogen) atoms. The van der Waals surface area contributed by atoms with E-state index in [9.17, 15) is 0 Å². The second-order valence-electron chi connectivity index (χ2n) is 2.89. The average Bonchev–Trinajstić information content (AvgIpc) is 2.51. The Morgan fingerprint density at radius 1 is 1.54 bits per heavy atom.